The van der Waals surface area contributed by atoms with E-state index in [1.807, 2.05) is 0 Å². The lowest BCUT2D eigenvalue weighted by Gasteiger charge is -2.04. The van der Waals surface area contributed by atoms with Crippen molar-refractivity contribution in [1.29, 1.82) is 0 Å². The zero-order valence-corrected chi connectivity index (χ0v) is 11.7. The molecule has 0 unspecified atom stereocenters. The first-order valence-electron chi connectivity index (χ1n) is 5.49. The molecule has 0 amide bonds. The van der Waals surface area contributed by atoms with Crippen LogP contribution in [0.2, 0.25) is 5.02 Å². The number of halogens is 1. The number of carbonyl (C=O) groups excluding carboxylic acids is 1. The van der Waals surface area contributed by atoms with E-state index in [4.69, 9.17) is 11.6 Å². The monoisotopic (exact) mass is 294 g/mol. The third-order valence-electron chi connectivity index (χ3n) is 2.66. The summed E-state index contributed by atoms with van der Waals surface area (Å²) in [6.07, 6.45) is 1.12. The minimum absolute atomic E-state index is 0.184. The average Bonchev–Trinajstić information content (AvgIpc) is 2.38. The largest absolute Gasteiger partial charge is 0.289 e. The van der Waals surface area contributed by atoms with Crippen LogP contribution in [0.15, 0.2) is 53.4 Å². The molecule has 0 aliphatic heterocycles. The normalized spacial score (nSPS) is 11.3. The van der Waals surface area contributed by atoms with Gasteiger partial charge in [-0.1, -0.05) is 23.7 Å². The molecule has 3 nitrogen and oxygen atoms in total. The molecule has 19 heavy (non-hydrogen) atoms. The molecule has 0 atom stereocenters. The summed E-state index contributed by atoms with van der Waals surface area (Å²) in [7, 11) is -3.26. The van der Waals surface area contributed by atoms with Crippen molar-refractivity contribution < 1.29 is 13.2 Å². The van der Waals surface area contributed by atoms with Crippen LogP contribution in [-0.4, -0.2) is 20.5 Å². The van der Waals surface area contributed by atoms with Gasteiger partial charge in [-0.2, -0.15) is 0 Å². The summed E-state index contributed by atoms with van der Waals surface area (Å²) in [5, 5.41) is 0.375. The highest BCUT2D eigenvalue weighted by molar-refractivity contribution is 7.90. The Hall–Kier alpha value is -1.65. The maximum Gasteiger partial charge on any atom is 0.194 e. The topological polar surface area (TPSA) is 51.2 Å². The van der Waals surface area contributed by atoms with E-state index < -0.39 is 9.84 Å². The number of sulfone groups is 1. The van der Waals surface area contributed by atoms with Gasteiger partial charge in [0.05, 0.1) is 9.92 Å². The standard InChI is InChI=1S/C14H11ClO3S/c1-19(17,18)11-8-6-10(7-9-11)14(16)12-4-2-3-5-13(12)15/h2-9H,1H3. The molecular weight excluding hydrogens is 284 g/mol. The fourth-order valence-electron chi connectivity index (χ4n) is 1.65. The molecular formula is C14H11ClO3S. The minimum atomic E-state index is -3.26. The lowest BCUT2D eigenvalue weighted by molar-refractivity contribution is 0.103. The molecule has 0 fully saturated rings. The first kappa shape index (κ1) is 13.8. The molecule has 0 N–H and O–H groups in total. The van der Waals surface area contributed by atoms with Gasteiger partial charge in [0.1, 0.15) is 0 Å². The molecule has 0 aromatic heterocycles. The molecule has 0 heterocycles. The number of benzene rings is 2. The summed E-state index contributed by atoms with van der Waals surface area (Å²) in [6.45, 7) is 0. The Morgan fingerprint density at radius 3 is 2.11 bits per heavy atom. The van der Waals surface area contributed by atoms with Crippen LogP contribution >= 0.6 is 11.6 Å². The molecule has 0 saturated heterocycles. The van der Waals surface area contributed by atoms with Gasteiger partial charge >= 0.3 is 0 Å². The van der Waals surface area contributed by atoms with Gasteiger partial charge in [0.25, 0.3) is 0 Å². The predicted octanol–water partition coefficient (Wildman–Crippen LogP) is 2.97. The van der Waals surface area contributed by atoms with Crippen LogP contribution in [0.4, 0.5) is 0 Å². The highest BCUT2D eigenvalue weighted by Crippen LogP contribution is 2.20. The van der Waals surface area contributed by atoms with E-state index >= 15 is 0 Å². The molecule has 0 radical (unpaired) electrons. The summed E-state index contributed by atoms with van der Waals surface area (Å²) in [6, 6.07) is 12.5. The van der Waals surface area contributed by atoms with Crippen molar-refractivity contribution in [2.24, 2.45) is 0 Å². The SMILES string of the molecule is CS(=O)(=O)c1ccc(C(=O)c2ccccc2Cl)cc1. The number of hydrogen-bond acceptors (Lipinski definition) is 3. The highest BCUT2D eigenvalue weighted by atomic mass is 35.5. The number of rotatable bonds is 3. The quantitative estimate of drug-likeness (QED) is 0.818. The van der Waals surface area contributed by atoms with Crippen LogP contribution in [0.1, 0.15) is 15.9 Å². The minimum Gasteiger partial charge on any atom is -0.289 e. The van der Waals surface area contributed by atoms with Gasteiger partial charge in [-0.25, -0.2) is 8.42 Å². The summed E-state index contributed by atoms with van der Waals surface area (Å²) < 4.78 is 22.7. The smallest absolute Gasteiger partial charge is 0.194 e. The van der Waals surface area contributed by atoms with E-state index in [0.717, 1.165) is 6.26 Å². The molecule has 2 aromatic rings. The maximum absolute atomic E-state index is 12.2. The summed E-state index contributed by atoms with van der Waals surface area (Å²) >= 11 is 5.96. The van der Waals surface area contributed by atoms with Crippen molar-refractivity contribution in [1.82, 2.24) is 0 Å². The molecule has 5 heteroatoms. The van der Waals surface area contributed by atoms with Crippen LogP contribution in [0, 0.1) is 0 Å². The van der Waals surface area contributed by atoms with Crippen molar-refractivity contribution in [2.45, 2.75) is 4.90 Å². The Morgan fingerprint density at radius 1 is 1.00 bits per heavy atom. The first-order chi connectivity index (χ1) is 8.89. The Bertz CT molecular complexity index is 719. The van der Waals surface area contributed by atoms with Crippen molar-refractivity contribution in [3.8, 4) is 0 Å². The van der Waals surface area contributed by atoms with E-state index in [-0.39, 0.29) is 10.7 Å². The molecule has 2 aromatic carbocycles. The molecule has 0 spiro atoms. The second-order valence-corrected chi connectivity index (χ2v) is 6.53. The van der Waals surface area contributed by atoms with Gasteiger partial charge in [0, 0.05) is 17.4 Å². The Morgan fingerprint density at radius 2 is 1.58 bits per heavy atom. The van der Waals surface area contributed by atoms with Crippen molar-refractivity contribution in [2.75, 3.05) is 6.26 Å². The van der Waals surface area contributed by atoms with Crippen LogP contribution in [-0.2, 0) is 9.84 Å². The van der Waals surface area contributed by atoms with Crippen LogP contribution in [0.3, 0.4) is 0 Å². The van der Waals surface area contributed by atoms with E-state index in [9.17, 15) is 13.2 Å². The second-order valence-electron chi connectivity index (χ2n) is 4.11. The Balaban J connectivity index is 2.39. The van der Waals surface area contributed by atoms with Crippen molar-refractivity contribution in [3.05, 3.63) is 64.7 Å². The molecule has 0 aliphatic rings. The number of carbonyl (C=O) groups is 1. The van der Waals surface area contributed by atoms with E-state index in [2.05, 4.69) is 0 Å². The predicted molar refractivity (Wildman–Crippen MR) is 74.4 cm³/mol. The molecule has 98 valence electrons. The van der Waals surface area contributed by atoms with Gasteiger partial charge in [-0.05, 0) is 36.4 Å². The van der Waals surface area contributed by atoms with E-state index in [1.54, 1.807) is 24.3 Å². The van der Waals surface area contributed by atoms with E-state index in [1.165, 1.54) is 24.3 Å². The van der Waals surface area contributed by atoms with Crippen LogP contribution in [0.25, 0.3) is 0 Å². The van der Waals surface area contributed by atoms with Crippen molar-refractivity contribution >= 4 is 27.2 Å². The average molecular weight is 295 g/mol. The van der Waals surface area contributed by atoms with Gasteiger partial charge in [0.15, 0.2) is 15.6 Å². The van der Waals surface area contributed by atoms with Crippen LogP contribution in [0.5, 0.6) is 0 Å². The van der Waals surface area contributed by atoms with Crippen LogP contribution < -0.4 is 0 Å². The van der Waals surface area contributed by atoms with Gasteiger partial charge < -0.3 is 0 Å². The number of hydrogen-bond donors (Lipinski definition) is 0. The molecule has 0 saturated carbocycles. The highest BCUT2D eigenvalue weighted by Gasteiger charge is 2.13. The second kappa shape index (κ2) is 5.15. The number of ketones is 1. The van der Waals surface area contributed by atoms with E-state index in [0.29, 0.717) is 16.1 Å². The summed E-state index contributed by atoms with van der Waals surface area (Å²) in [4.78, 5) is 12.4. The third kappa shape index (κ3) is 3.03. The summed E-state index contributed by atoms with van der Waals surface area (Å²) in [5.41, 5.74) is 0.803. The van der Waals surface area contributed by atoms with Gasteiger partial charge in [-0.15, -0.1) is 0 Å². The lowest BCUT2D eigenvalue weighted by Crippen LogP contribution is -2.03. The van der Waals surface area contributed by atoms with Crippen molar-refractivity contribution in [3.63, 3.8) is 0 Å². The molecule has 0 bridgehead atoms. The third-order valence-corrected chi connectivity index (χ3v) is 4.12. The zero-order valence-electron chi connectivity index (χ0n) is 10.1. The maximum atomic E-state index is 12.2. The van der Waals surface area contributed by atoms with Gasteiger partial charge in [0.2, 0.25) is 0 Å². The lowest BCUT2D eigenvalue weighted by atomic mass is 10.0. The molecule has 0 aliphatic carbocycles. The fraction of sp³-hybridized carbons (Fsp3) is 0.0714. The first-order valence-corrected chi connectivity index (χ1v) is 7.76. The fourth-order valence-corrected chi connectivity index (χ4v) is 2.51. The summed E-state index contributed by atoms with van der Waals surface area (Å²) in [5.74, 6) is -0.231. The Kier molecular flexibility index (Phi) is 3.73. The Labute approximate surface area is 116 Å². The zero-order chi connectivity index (χ0) is 14.0. The van der Waals surface area contributed by atoms with Gasteiger partial charge in [-0.3, -0.25) is 4.79 Å². The molecule has 2 rings (SSSR count).